The van der Waals surface area contributed by atoms with Crippen molar-refractivity contribution in [3.8, 4) is 17.0 Å². The van der Waals surface area contributed by atoms with Crippen LogP contribution in [0.3, 0.4) is 0 Å². The maximum Gasteiger partial charge on any atom is 0.161 e. The molecule has 0 N–H and O–H groups in total. The predicted molar refractivity (Wildman–Crippen MR) is 97.5 cm³/mol. The Morgan fingerprint density at radius 2 is 1.80 bits per heavy atom. The van der Waals surface area contributed by atoms with E-state index in [0.717, 1.165) is 66.0 Å². The average Bonchev–Trinajstić information content (AvgIpc) is 2.98. The number of aryl methyl sites for hydroxylation is 2. The Hall–Kier alpha value is -2.60. The standard InChI is InChI=1S/C19H22N4O2/c1-13-12-17(22-8-10-25-11-9-22)23-19(20-13)14(2)18(21-23)15-4-6-16(24-3)7-5-15/h4-7,12H,8-11H2,1-3H3. The van der Waals surface area contributed by atoms with Gasteiger partial charge in [0.2, 0.25) is 0 Å². The molecule has 3 aromatic rings. The van der Waals surface area contributed by atoms with Gasteiger partial charge in [-0.05, 0) is 38.1 Å². The van der Waals surface area contributed by atoms with E-state index in [4.69, 9.17) is 19.6 Å². The second kappa shape index (κ2) is 6.37. The molecule has 4 rings (SSSR count). The molecule has 1 aromatic carbocycles. The summed E-state index contributed by atoms with van der Waals surface area (Å²) in [4.78, 5) is 7.04. The molecule has 25 heavy (non-hydrogen) atoms. The number of hydrogen-bond donors (Lipinski definition) is 0. The average molecular weight is 338 g/mol. The third-order valence-electron chi connectivity index (χ3n) is 4.63. The molecule has 0 bridgehead atoms. The Labute approximate surface area is 147 Å². The predicted octanol–water partition coefficient (Wildman–Crippen LogP) is 2.86. The van der Waals surface area contributed by atoms with Gasteiger partial charge in [-0.3, -0.25) is 0 Å². The molecule has 0 saturated carbocycles. The zero-order valence-electron chi connectivity index (χ0n) is 14.8. The second-order valence-corrected chi connectivity index (χ2v) is 6.29. The van der Waals surface area contributed by atoms with E-state index in [-0.39, 0.29) is 0 Å². The van der Waals surface area contributed by atoms with Crippen LogP contribution >= 0.6 is 0 Å². The molecular formula is C19H22N4O2. The zero-order chi connectivity index (χ0) is 17.4. The number of rotatable bonds is 3. The molecule has 1 saturated heterocycles. The molecule has 0 aliphatic carbocycles. The van der Waals surface area contributed by atoms with Crippen LogP contribution in [0.25, 0.3) is 16.9 Å². The van der Waals surface area contributed by atoms with Crippen LogP contribution in [0.4, 0.5) is 5.82 Å². The monoisotopic (exact) mass is 338 g/mol. The molecule has 1 aliphatic rings. The number of hydrogen-bond acceptors (Lipinski definition) is 5. The number of benzene rings is 1. The van der Waals surface area contributed by atoms with Crippen LogP contribution in [0, 0.1) is 13.8 Å². The Morgan fingerprint density at radius 1 is 1.08 bits per heavy atom. The van der Waals surface area contributed by atoms with E-state index in [1.807, 2.05) is 35.7 Å². The minimum atomic E-state index is 0.744. The highest BCUT2D eigenvalue weighted by Gasteiger charge is 2.19. The van der Waals surface area contributed by atoms with Crippen LogP contribution in [0.2, 0.25) is 0 Å². The third kappa shape index (κ3) is 2.82. The molecule has 6 heteroatoms. The van der Waals surface area contributed by atoms with E-state index in [9.17, 15) is 0 Å². The summed E-state index contributed by atoms with van der Waals surface area (Å²) in [6.07, 6.45) is 0. The Bertz CT molecular complexity index is 896. The van der Waals surface area contributed by atoms with Gasteiger partial charge in [-0.25, -0.2) is 4.98 Å². The van der Waals surface area contributed by atoms with Crippen molar-refractivity contribution in [3.63, 3.8) is 0 Å². The number of anilines is 1. The van der Waals surface area contributed by atoms with Gasteiger partial charge in [-0.2, -0.15) is 9.61 Å². The molecule has 0 amide bonds. The molecule has 1 aliphatic heterocycles. The summed E-state index contributed by atoms with van der Waals surface area (Å²) in [6, 6.07) is 10.1. The normalized spacial score (nSPS) is 14.9. The van der Waals surface area contributed by atoms with Crippen molar-refractivity contribution in [2.45, 2.75) is 13.8 Å². The van der Waals surface area contributed by atoms with Gasteiger partial charge in [0.1, 0.15) is 11.6 Å². The zero-order valence-corrected chi connectivity index (χ0v) is 14.8. The van der Waals surface area contributed by atoms with E-state index in [1.165, 1.54) is 0 Å². The number of morpholine rings is 1. The van der Waals surface area contributed by atoms with Gasteiger partial charge >= 0.3 is 0 Å². The van der Waals surface area contributed by atoms with Gasteiger partial charge in [-0.15, -0.1) is 0 Å². The van der Waals surface area contributed by atoms with Crippen molar-refractivity contribution in [1.82, 2.24) is 14.6 Å². The Morgan fingerprint density at radius 3 is 2.48 bits per heavy atom. The molecule has 6 nitrogen and oxygen atoms in total. The maximum atomic E-state index is 5.48. The molecule has 1 fully saturated rings. The SMILES string of the molecule is COc1ccc(-c2nn3c(N4CCOCC4)cc(C)nc3c2C)cc1. The fraction of sp³-hybridized carbons (Fsp3) is 0.368. The summed E-state index contributed by atoms with van der Waals surface area (Å²) in [5.41, 5.74) is 5.01. The molecule has 0 spiro atoms. The lowest BCUT2D eigenvalue weighted by Crippen LogP contribution is -2.37. The van der Waals surface area contributed by atoms with Crippen LogP contribution in [0.1, 0.15) is 11.3 Å². The van der Waals surface area contributed by atoms with E-state index < -0.39 is 0 Å². The van der Waals surface area contributed by atoms with Crippen molar-refractivity contribution in [2.24, 2.45) is 0 Å². The third-order valence-corrected chi connectivity index (χ3v) is 4.63. The van der Waals surface area contributed by atoms with Crippen molar-refractivity contribution in [1.29, 1.82) is 0 Å². The highest BCUT2D eigenvalue weighted by molar-refractivity contribution is 5.72. The number of methoxy groups -OCH3 is 1. The summed E-state index contributed by atoms with van der Waals surface area (Å²) < 4.78 is 12.7. The maximum absolute atomic E-state index is 5.48. The summed E-state index contributed by atoms with van der Waals surface area (Å²) in [5.74, 6) is 1.92. The first-order valence-electron chi connectivity index (χ1n) is 8.51. The number of aromatic nitrogens is 3. The molecule has 0 atom stereocenters. The van der Waals surface area contributed by atoms with Crippen LogP contribution in [0.15, 0.2) is 30.3 Å². The van der Waals surface area contributed by atoms with Gasteiger partial charge in [-0.1, -0.05) is 0 Å². The number of fused-ring (bicyclic) bond motifs is 1. The van der Waals surface area contributed by atoms with Crippen LogP contribution < -0.4 is 9.64 Å². The van der Waals surface area contributed by atoms with Gasteiger partial charge in [0.05, 0.1) is 26.0 Å². The molecule has 0 unspecified atom stereocenters. The Kier molecular flexibility index (Phi) is 4.05. The first kappa shape index (κ1) is 15.9. The fourth-order valence-electron chi connectivity index (χ4n) is 3.27. The van der Waals surface area contributed by atoms with E-state index in [1.54, 1.807) is 7.11 Å². The minimum absolute atomic E-state index is 0.744. The van der Waals surface area contributed by atoms with Crippen molar-refractivity contribution < 1.29 is 9.47 Å². The van der Waals surface area contributed by atoms with Gasteiger partial charge in [0.15, 0.2) is 5.65 Å². The van der Waals surface area contributed by atoms with E-state index in [2.05, 4.69) is 17.9 Å². The summed E-state index contributed by atoms with van der Waals surface area (Å²) in [6.45, 7) is 7.34. The highest BCUT2D eigenvalue weighted by Crippen LogP contribution is 2.29. The summed E-state index contributed by atoms with van der Waals surface area (Å²) in [5, 5.41) is 4.89. The summed E-state index contributed by atoms with van der Waals surface area (Å²) >= 11 is 0. The number of nitrogens with zero attached hydrogens (tertiary/aromatic N) is 4. The largest absolute Gasteiger partial charge is 0.497 e. The second-order valence-electron chi connectivity index (χ2n) is 6.29. The lowest BCUT2D eigenvalue weighted by atomic mass is 10.1. The molecule has 130 valence electrons. The van der Waals surface area contributed by atoms with Gasteiger partial charge in [0, 0.05) is 36.0 Å². The molecular weight excluding hydrogens is 316 g/mol. The minimum Gasteiger partial charge on any atom is -0.497 e. The molecule has 2 aromatic heterocycles. The highest BCUT2D eigenvalue weighted by atomic mass is 16.5. The van der Waals surface area contributed by atoms with Gasteiger partial charge in [0.25, 0.3) is 0 Å². The Balaban J connectivity index is 1.85. The van der Waals surface area contributed by atoms with Crippen molar-refractivity contribution in [3.05, 3.63) is 41.6 Å². The van der Waals surface area contributed by atoms with Crippen LogP contribution in [-0.4, -0.2) is 48.0 Å². The smallest absolute Gasteiger partial charge is 0.161 e. The fourth-order valence-corrected chi connectivity index (χ4v) is 3.27. The quantitative estimate of drug-likeness (QED) is 0.735. The first-order chi connectivity index (χ1) is 12.2. The van der Waals surface area contributed by atoms with Crippen molar-refractivity contribution in [2.75, 3.05) is 38.3 Å². The van der Waals surface area contributed by atoms with E-state index >= 15 is 0 Å². The van der Waals surface area contributed by atoms with E-state index in [0.29, 0.717) is 0 Å². The number of ether oxygens (including phenoxy) is 2. The molecule has 3 heterocycles. The topological polar surface area (TPSA) is 51.9 Å². The molecule has 0 radical (unpaired) electrons. The van der Waals surface area contributed by atoms with Crippen LogP contribution in [-0.2, 0) is 4.74 Å². The lowest BCUT2D eigenvalue weighted by Gasteiger charge is -2.29. The van der Waals surface area contributed by atoms with Crippen LogP contribution in [0.5, 0.6) is 5.75 Å². The summed E-state index contributed by atoms with van der Waals surface area (Å²) in [7, 11) is 1.67. The van der Waals surface area contributed by atoms with Crippen molar-refractivity contribution >= 4 is 11.5 Å². The first-order valence-corrected chi connectivity index (χ1v) is 8.51. The van der Waals surface area contributed by atoms with Gasteiger partial charge < -0.3 is 14.4 Å². The lowest BCUT2D eigenvalue weighted by molar-refractivity contribution is 0.122.